The number of aromatic hydroxyl groups is 1. The molecule has 2 saturated heterocycles. The normalized spacial score (nSPS) is 20.6. The number of benzene rings is 3. The maximum atomic E-state index is 14.0. The Morgan fingerprint density at radius 3 is 2.62 bits per heavy atom. The first-order valence-corrected chi connectivity index (χ1v) is 15.9. The number of carbonyl (C=O) groups is 1. The molecule has 3 N–H and O–H groups in total. The summed E-state index contributed by atoms with van der Waals surface area (Å²) in [4.78, 5) is 31.2. The van der Waals surface area contributed by atoms with Gasteiger partial charge >= 0.3 is 6.09 Å². The first-order valence-electron chi connectivity index (χ1n) is 15.5. The molecule has 236 valence electrons. The highest BCUT2D eigenvalue weighted by Gasteiger charge is 2.35. The molecule has 10 heteroatoms. The highest BCUT2D eigenvalue weighted by Crippen LogP contribution is 2.44. The molecule has 45 heavy (non-hydrogen) atoms. The molecule has 0 spiro atoms. The molecule has 0 saturated carbocycles. The average molecular weight is 632 g/mol. The number of likely N-dealkylation sites (N-methyl/N-ethyl adjacent to an activating group) is 1. The van der Waals surface area contributed by atoms with Gasteiger partial charge in [0.15, 0.2) is 5.43 Å². The van der Waals surface area contributed by atoms with E-state index in [4.69, 9.17) is 20.8 Å². The van der Waals surface area contributed by atoms with Crippen LogP contribution in [-0.2, 0) is 6.54 Å². The Morgan fingerprint density at radius 1 is 1.11 bits per heavy atom. The zero-order valence-electron chi connectivity index (χ0n) is 25.2. The Balaban J connectivity index is 1.45. The van der Waals surface area contributed by atoms with Gasteiger partial charge in [0.25, 0.3) is 0 Å². The van der Waals surface area contributed by atoms with Crippen LogP contribution in [0, 0.1) is 0 Å². The van der Waals surface area contributed by atoms with Gasteiger partial charge in [-0.1, -0.05) is 60.5 Å². The third-order valence-corrected chi connectivity index (χ3v) is 9.13. The Morgan fingerprint density at radius 2 is 1.89 bits per heavy atom. The molecule has 4 aromatic rings. The van der Waals surface area contributed by atoms with Crippen LogP contribution in [-0.4, -0.2) is 71.5 Å². The van der Waals surface area contributed by atoms with Crippen molar-refractivity contribution in [3.05, 3.63) is 93.1 Å². The molecule has 3 aromatic carbocycles. The topological polar surface area (TPSA) is 115 Å². The number of nitrogens with zero attached hydrogens (tertiary/aromatic N) is 2. The van der Waals surface area contributed by atoms with Crippen LogP contribution in [0.15, 0.2) is 75.9 Å². The molecular formula is C35H38ClN3O6. The molecule has 3 heterocycles. The van der Waals surface area contributed by atoms with E-state index in [1.807, 2.05) is 42.3 Å². The summed E-state index contributed by atoms with van der Waals surface area (Å²) >= 11 is 6.47. The van der Waals surface area contributed by atoms with E-state index in [0.29, 0.717) is 48.7 Å². The molecule has 0 bridgehead atoms. The van der Waals surface area contributed by atoms with Gasteiger partial charge < -0.3 is 34.5 Å². The van der Waals surface area contributed by atoms with Crippen LogP contribution >= 0.6 is 11.6 Å². The van der Waals surface area contributed by atoms with E-state index in [2.05, 4.69) is 5.32 Å². The van der Waals surface area contributed by atoms with Gasteiger partial charge in [0.05, 0.1) is 11.1 Å². The van der Waals surface area contributed by atoms with Crippen molar-refractivity contribution in [3.8, 4) is 22.8 Å². The van der Waals surface area contributed by atoms with Gasteiger partial charge in [-0.2, -0.15) is 0 Å². The summed E-state index contributed by atoms with van der Waals surface area (Å²) in [7, 11) is 1.92. The van der Waals surface area contributed by atoms with Crippen LogP contribution in [0.4, 0.5) is 4.79 Å². The van der Waals surface area contributed by atoms with Crippen LogP contribution < -0.4 is 15.5 Å². The molecule has 2 aliphatic heterocycles. The highest BCUT2D eigenvalue weighted by atomic mass is 35.5. The third kappa shape index (κ3) is 6.87. The SMILES string of the molecule is CN1CC[C@H](c2c(OC(=O)N(Cc3ccccc3)CC3CCCCN3)cc(O)c3c(=O)cc(-c4ccccc4Cl)oc23)[C@H](O)C1. The number of amides is 1. The second kappa shape index (κ2) is 13.6. The number of fused-ring (bicyclic) bond motifs is 1. The fraction of sp³-hybridized carbons (Fsp3) is 0.371. The number of carbonyl (C=O) groups excluding carboxylic acids is 1. The van der Waals surface area contributed by atoms with Crippen molar-refractivity contribution in [2.24, 2.45) is 0 Å². The predicted octanol–water partition coefficient (Wildman–Crippen LogP) is 5.74. The smallest absolute Gasteiger partial charge is 0.415 e. The van der Waals surface area contributed by atoms with E-state index >= 15 is 0 Å². The van der Waals surface area contributed by atoms with Gasteiger partial charge in [0, 0.05) is 54.9 Å². The molecule has 2 aliphatic rings. The van der Waals surface area contributed by atoms with Crippen LogP contribution in [0.3, 0.4) is 0 Å². The van der Waals surface area contributed by atoms with E-state index in [9.17, 15) is 19.8 Å². The molecular weight excluding hydrogens is 594 g/mol. The summed E-state index contributed by atoms with van der Waals surface area (Å²) < 4.78 is 12.5. The van der Waals surface area contributed by atoms with Crippen LogP contribution in [0.1, 0.15) is 42.7 Å². The minimum atomic E-state index is -0.838. The number of halogens is 1. The number of likely N-dealkylation sites (tertiary alicyclic amines) is 1. The highest BCUT2D eigenvalue weighted by molar-refractivity contribution is 6.33. The van der Waals surface area contributed by atoms with Gasteiger partial charge in [-0.3, -0.25) is 4.79 Å². The number of rotatable bonds is 7. The lowest BCUT2D eigenvalue weighted by atomic mass is 9.85. The first kappa shape index (κ1) is 31.1. The lowest BCUT2D eigenvalue weighted by Gasteiger charge is -2.35. The van der Waals surface area contributed by atoms with Crippen LogP contribution in [0.25, 0.3) is 22.3 Å². The quantitative estimate of drug-likeness (QED) is 0.237. The van der Waals surface area contributed by atoms with Gasteiger partial charge in [0.2, 0.25) is 0 Å². The molecule has 1 aromatic heterocycles. The number of aliphatic hydroxyl groups is 1. The lowest BCUT2D eigenvalue weighted by molar-refractivity contribution is 0.0627. The molecule has 2 fully saturated rings. The number of nitrogens with one attached hydrogen (secondary N) is 1. The van der Waals surface area contributed by atoms with Crippen molar-refractivity contribution >= 4 is 28.7 Å². The number of aliphatic hydroxyl groups excluding tert-OH is 1. The summed E-state index contributed by atoms with van der Waals surface area (Å²) in [5.41, 5.74) is 1.42. The van der Waals surface area contributed by atoms with Crippen molar-refractivity contribution in [1.82, 2.24) is 15.1 Å². The first-order chi connectivity index (χ1) is 21.8. The number of piperidine rings is 2. The standard InChI is InChI=1S/C35H38ClN3O6/c1-38-16-14-25(29(42)21-38)32-31(18-28(41)33-27(40)17-30(44-34(32)33)24-12-5-6-13-26(24)36)45-35(43)39(19-22-9-3-2-4-10-22)20-23-11-7-8-15-37-23/h2-6,9-10,12-13,17-18,23,25,29,37,41-42H,7-8,11,14-16,19-21H2,1H3/t23?,25-,29+/m0/s1. The summed E-state index contributed by atoms with van der Waals surface area (Å²) in [6.07, 6.45) is 2.20. The summed E-state index contributed by atoms with van der Waals surface area (Å²) in [5, 5.41) is 26.3. The second-order valence-corrected chi connectivity index (χ2v) is 12.5. The third-order valence-electron chi connectivity index (χ3n) is 8.80. The number of β-amino-alcohol motifs (C(OH)–C–C–N with tert-alkyl or cyclic N) is 1. The Hall–Kier alpha value is -3.89. The molecule has 1 unspecified atom stereocenters. The molecule has 0 aliphatic carbocycles. The maximum absolute atomic E-state index is 14.0. The van der Waals surface area contributed by atoms with Crippen LogP contribution in [0.2, 0.25) is 5.02 Å². The summed E-state index contributed by atoms with van der Waals surface area (Å²) in [6, 6.07) is 19.4. The number of hydrogen-bond donors (Lipinski definition) is 3. The number of hydrogen-bond acceptors (Lipinski definition) is 8. The zero-order valence-corrected chi connectivity index (χ0v) is 26.0. The van der Waals surface area contributed by atoms with Crippen molar-refractivity contribution in [3.63, 3.8) is 0 Å². The minimum Gasteiger partial charge on any atom is -0.507 e. The van der Waals surface area contributed by atoms with Crippen molar-refractivity contribution < 1.29 is 24.2 Å². The number of ether oxygens (including phenoxy) is 1. The number of phenolic OH excluding ortho intramolecular Hbond substituents is 1. The molecule has 0 radical (unpaired) electrons. The second-order valence-electron chi connectivity index (χ2n) is 12.1. The monoisotopic (exact) mass is 631 g/mol. The fourth-order valence-electron chi connectivity index (χ4n) is 6.48. The van der Waals surface area contributed by atoms with E-state index in [0.717, 1.165) is 31.4 Å². The Labute approximate surface area is 267 Å². The fourth-order valence-corrected chi connectivity index (χ4v) is 6.71. The molecule has 1 amide bonds. The lowest BCUT2D eigenvalue weighted by Crippen LogP contribution is -2.46. The van der Waals surface area contributed by atoms with E-state index in [1.54, 1.807) is 29.2 Å². The van der Waals surface area contributed by atoms with Gasteiger partial charge in [-0.15, -0.1) is 0 Å². The Kier molecular flexibility index (Phi) is 9.42. The van der Waals surface area contributed by atoms with Crippen molar-refractivity contribution in [2.75, 3.05) is 33.2 Å². The summed E-state index contributed by atoms with van der Waals surface area (Å²) in [5.74, 6) is -0.646. The van der Waals surface area contributed by atoms with E-state index in [-0.39, 0.29) is 34.3 Å². The van der Waals surface area contributed by atoms with Gasteiger partial charge in [0.1, 0.15) is 28.2 Å². The number of phenols is 1. The predicted molar refractivity (Wildman–Crippen MR) is 174 cm³/mol. The van der Waals surface area contributed by atoms with Crippen molar-refractivity contribution in [1.29, 1.82) is 0 Å². The Bertz CT molecular complexity index is 1720. The molecule has 3 atom stereocenters. The van der Waals surface area contributed by atoms with Crippen LogP contribution in [0.5, 0.6) is 11.5 Å². The summed E-state index contributed by atoms with van der Waals surface area (Å²) in [6.45, 7) is 2.70. The molecule has 9 nitrogen and oxygen atoms in total. The minimum absolute atomic E-state index is 0.0423. The largest absolute Gasteiger partial charge is 0.507 e. The van der Waals surface area contributed by atoms with E-state index in [1.165, 1.54) is 12.1 Å². The van der Waals surface area contributed by atoms with Gasteiger partial charge in [-0.05, 0) is 57.1 Å². The zero-order chi connectivity index (χ0) is 31.5. The van der Waals surface area contributed by atoms with Gasteiger partial charge in [-0.25, -0.2) is 4.79 Å². The van der Waals surface area contributed by atoms with Crippen molar-refractivity contribution in [2.45, 2.75) is 50.3 Å². The maximum Gasteiger partial charge on any atom is 0.415 e. The average Bonchev–Trinajstić information content (AvgIpc) is 3.02. The van der Waals surface area contributed by atoms with E-state index < -0.39 is 23.5 Å². The molecule has 6 rings (SSSR count).